The molecule has 8 nitrogen and oxygen atoms in total. The monoisotopic (exact) mass is 300 g/mol. The average molecular weight is 300 g/mol. The maximum Gasteiger partial charge on any atom is 0.358 e. The van der Waals surface area contributed by atoms with Gasteiger partial charge in [-0.15, -0.1) is 10.2 Å². The fourth-order valence-electron chi connectivity index (χ4n) is 2.08. The van der Waals surface area contributed by atoms with Crippen molar-refractivity contribution in [2.24, 2.45) is 0 Å². The number of rotatable bonds is 6. The molecule has 0 saturated carbocycles. The van der Waals surface area contributed by atoms with Crippen molar-refractivity contribution in [2.75, 3.05) is 6.61 Å². The van der Waals surface area contributed by atoms with E-state index in [1.165, 1.54) is 0 Å². The van der Waals surface area contributed by atoms with Crippen molar-refractivity contribution in [3.63, 3.8) is 0 Å². The number of hydrogen-bond donors (Lipinski definition) is 2. The van der Waals surface area contributed by atoms with Gasteiger partial charge in [-0.3, -0.25) is 9.50 Å². The number of hydrogen-bond acceptors (Lipinski definition) is 6. The fraction of sp³-hybridized carbons (Fsp3) is 0.286. The van der Waals surface area contributed by atoms with Crippen LogP contribution in [0.2, 0.25) is 0 Å². The highest BCUT2D eigenvalue weighted by atomic mass is 16.5. The van der Waals surface area contributed by atoms with Gasteiger partial charge in [0.25, 0.3) is 0 Å². The van der Waals surface area contributed by atoms with Crippen LogP contribution in [-0.4, -0.2) is 37.4 Å². The molecule has 0 aromatic carbocycles. The molecular formula is C14H16N6O2. The van der Waals surface area contributed by atoms with Crippen molar-refractivity contribution in [2.45, 2.75) is 20.0 Å². The number of carbonyl (C=O) groups excluding carboxylic acids is 1. The van der Waals surface area contributed by atoms with Crippen molar-refractivity contribution in [1.82, 2.24) is 30.1 Å². The lowest BCUT2D eigenvalue weighted by atomic mass is 10.3. The topological polar surface area (TPSA) is 97.2 Å². The molecule has 0 radical (unpaired) electrons. The summed E-state index contributed by atoms with van der Waals surface area (Å²) < 4.78 is 6.81. The number of ether oxygens (including phenoxy) is 1. The SMILES string of the molecule is CCOC(=O)c1cc(CNCc2nnc3ccccn23)[nH]n1. The lowest BCUT2D eigenvalue weighted by Crippen LogP contribution is -2.15. The van der Waals surface area contributed by atoms with E-state index in [0.717, 1.165) is 17.2 Å². The van der Waals surface area contributed by atoms with E-state index in [0.29, 0.717) is 19.7 Å². The molecule has 0 bridgehead atoms. The molecule has 0 unspecified atom stereocenters. The Hall–Kier alpha value is -2.74. The summed E-state index contributed by atoms with van der Waals surface area (Å²) in [5.74, 6) is 0.397. The first-order chi connectivity index (χ1) is 10.8. The van der Waals surface area contributed by atoms with Crippen LogP contribution >= 0.6 is 0 Å². The predicted molar refractivity (Wildman–Crippen MR) is 78.1 cm³/mol. The van der Waals surface area contributed by atoms with Crippen LogP contribution in [0.15, 0.2) is 30.5 Å². The van der Waals surface area contributed by atoms with Crippen molar-refractivity contribution in [3.8, 4) is 0 Å². The van der Waals surface area contributed by atoms with E-state index in [2.05, 4.69) is 25.7 Å². The number of H-pyrrole nitrogens is 1. The van der Waals surface area contributed by atoms with Crippen molar-refractivity contribution >= 4 is 11.6 Å². The molecule has 0 saturated heterocycles. The van der Waals surface area contributed by atoms with Gasteiger partial charge < -0.3 is 10.1 Å². The second-order valence-corrected chi connectivity index (χ2v) is 4.65. The molecule has 0 fully saturated rings. The Morgan fingerprint density at radius 2 is 2.27 bits per heavy atom. The molecule has 0 aliphatic rings. The van der Waals surface area contributed by atoms with Gasteiger partial charge in [0, 0.05) is 18.4 Å². The van der Waals surface area contributed by atoms with Gasteiger partial charge in [0.15, 0.2) is 17.2 Å². The Kier molecular flexibility index (Phi) is 4.10. The quantitative estimate of drug-likeness (QED) is 0.657. The molecule has 3 aromatic heterocycles. The Morgan fingerprint density at radius 1 is 1.36 bits per heavy atom. The predicted octanol–water partition coefficient (Wildman–Crippen LogP) is 0.919. The third kappa shape index (κ3) is 2.96. The third-order valence-electron chi connectivity index (χ3n) is 3.10. The van der Waals surface area contributed by atoms with E-state index >= 15 is 0 Å². The van der Waals surface area contributed by atoms with Gasteiger partial charge in [-0.05, 0) is 25.1 Å². The van der Waals surface area contributed by atoms with Gasteiger partial charge in [0.1, 0.15) is 0 Å². The van der Waals surface area contributed by atoms with E-state index < -0.39 is 5.97 Å². The summed E-state index contributed by atoms with van der Waals surface area (Å²) >= 11 is 0. The van der Waals surface area contributed by atoms with Gasteiger partial charge in [-0.1, -0.05) is 6.07 Å². The molecule has 2 N–H and O–H groups in total. The van der Waals surface area contributed by atoms with E-state index in [9.17, 15) is 4.79 Å². The molecule has 0 aliphatic heterocycles. The zero-order valence-electron chi connectivity index (χ0n) is 12.1. The lowest BCUT2D eigenvalue weighted by molar-refractivity contribution is 0.0519. The number of nitrogens with one attached hydrogen (secondary N) is 2. The van der Waals surface area contributed by atoms with Crippen LogP contribution in [-0.2, 0) is 17.8 Å². The number of pyridine rings is 1. The third-order valence-corrected chi connectivity index (χ3v) is 3.10. The summed E-state index contributed by atoms with van der Waals surface area (Å²) in [6, 6.07) is 7.42. The highest BCUT2D eigenvalue weighted by Crippen LogP contribution is 2.04. The van der Waals surface area contributed by atoms with E-state index in [4.69, 9.17) is 4.74 Å². The fourth-order valence-corrected chi connectivity index (χ4v) is 2.08. The van der Waals surface area contributed by atoms with Crippen LogP contribution in [0.4, 0.5) is 0 Å². The number of esters is 1. The second-order valence-electron chi connectivity index (χ2n) is 4.65. The number of carbonyl (C=O) groups is 1. The van der Waals surface area contributed by atoms with Crippen molar-refractivity contribution in [1.29, 1.82) is 0 Å². The number of aromatic nitrogens is 5. The normalized spacial score (nSPS) is 11.0. The van der Waals surface area contributed by atoms with Gasteiger partial charge >= 0.3 is 5.97 Å². The van der Waals surface area contributed by atoms with Crippen LogP contribution in [0.5, 0.6) is 0 Å². The molecule has 0 spiro atoms. The molecule has 0 atom stereocenters. The first kappa shape index (κ1) is 14.2. The molecule has 114 valence electrons. The summed E-state index contributed by atoms with van der Waals surface area (Å²) in [6.45, 7) is 3.18. The Morgan fingerprint density at radius 3 is 3.14 bits per heavy atom. The lowest BCUT2D eigenvalue weighted by Gasteiger charge is -2.01. The first-order valence-electron chi connectivity index (χ1n) is 6.98. The highest BCUT2D eigenvalue weighted by molar-refractivity contribution is 5.87. The largest absolute Gasteiger partial charge is 0.461 e. The summed E-state index contributed by atoms with van der Waals surface area (Å²) in [6.07, 6.45) is 1.92. The van der Waals surface area contributed by atoms with E-state index in [-0.39, 0.29) is 5.69 Å². The molecule has 8 heteroatoms. The molecule has 3 heterocycles. The zero-order valence-corrected chi connectivity index (χ0v) is 12.1. The second kappa shape index (κ2) is 6.35. The first-order valence-corrected chi connectivity index (χ1v) is 6.98. The van der Waals surface area contributed by atoms with Crippen molar-refractivity contribution < 1.29 is 9.53 Å². The van der Waals surface area contributed by atoms with Gasteiger partial charge in [-0.25, -0.2) is 4.79 Å². The number of aromatic amines is 1. The Balaban J connectivity index is 1.58. The van der Waals surface area contributed by atoms with Crippen molar-refractivity contribution in [3.05, 3.63) is 47.7 Å². The van der Waals surface area contributed by atoms with Gasteiger partial charge in [0.05, 0.1) is 13.2 Å². The summed E-state index contributed by atoms with van der Waals surface area (Å²) in [7, 11) is 0. The Bertz CT molecular complexity index is 778. The highest BCUT2D eigenvalue weighted by Gasteiger charge is 2.11. The smallest absolute Gasteiger partial charge is 0.358 e. The molecule has 3 rings (SSSR count). The molecule has 0 aliphatic carbocycles. The molecule has 3 aromatic rings. The van der Waals surface area contributed by atoms with Crippen LogP contribution < -0.4 is 5.32 Å². The zero-order chi connectivity index (χ0) is 15.4. The molecule has 0 amide bonds. The molecular weight excluding hydrogens is 284 g/mol. The van der Waals surface area contributed by atoms with E-state index in [1.807, 2.05) is 28.8 Å². The maximum absolute atomic E-state index is 11.5. The van der Waals surface area contributed by atoms with Crippen LogP contribution in [0, 0.1) is 0 Å². The van der Waals surface area contributed by atoms with Crippen LogP contribution in [0.3, 0.4) is 0 Å². The molecule has 22 heavy (non-hydrogen) atoms. The van der Waals surface area contributed by atoms with Gasteiger partial charge in [0.2, 0.25) is 0 Å². The standard InChI is InChI=1S/C14H16N6O2/c1-2-22-14(21)11-7-10(16-17-11)8-15-9-13-19-18-12-5-3-4-6-20(12)13/h3-7,15H,2,8-9H2,1H3,(H,16,17). The summed E-state index contributed by atoms with van der Waals surface area (Å²) in [4.78, 5) is 11.5. The average Bonchev–Trinajstić information content (AvgIpc) is 3.15. The number of nitrogens with zero attached hydrogens (tertiary/aromatic N) is 4. The minimum Gasteiger partial charge on any atom is -0.461 e. The number of fused-ring (bicyclic) bond motifs is 1. The van der Waals surface area contributed by atoms with Crippen LogP contribution in [0.25, 0.3) is 5.65 Å². The maximum atomic E-state index is 11.5. The Labute approximate surface area is 126 Å². The van der Waals surface area contributed by atoms with Crippen LogP contribution in [0.1, 0.15) is 28.9 Å². The summed E-state index contributed by atoms with van der Waals surface area (Å²) in [5.41, 5.74) is 1.90. The minimum absolute atomic E-state index is 0.284. The summed E-state index contributed by atoms with van der Waals surface area (Å²) in [5, 5.41) is 18.2. The van der Waals surface area contributed by atoms with Gasteiger partial charge in [-0.2, -0.15) is 5.10 Å². The minimum atomic E-state index is -0.423. The van der Waals surface area contributed by atoms with E-state index in [1.54, 1.807) is 13.0 Å².